The van der Waals surface area contributed by atoms with Crippen molar-refractivity contribution < 1.29 is 14.4 Å². The van der Waals surface area contributed by atoms with Crippen LogP contribution in [0.3, 0.4) is 0 Å². The van der Waals surface area contributed by atoms with Gasteiger partial charge in [-0.2, -0.15) is 0 Å². The smallest absolute Gasteiger partial charge is 0.312 e. The van der Waals surface area contributed by atoms with Crippen LogP contribution < -0.4 is 16.4 Å². The van der Waals surface area contributed by atoms with Crippen molar-refractivity contribution >= 4 is 17.8 Å². The van der Waals surface area contributed by atoms with Crippen LogP contribution >= 0.6 is 0 Å². The second-order valence-electron chi connectivity index (χ2n) is 6.16. The molecule has 0 aromatic heterocycles. The van der Waals surface area contributed by atoms with Gasteiger partial charge in [-0.15, -0.1) is 0 Å². The highest BCUT2D eigenvalue weighted by molar-refractivity contribution is 5.94. The van der Waals surface area contributed by atoms with Crippen LogP contribution in [-0.2, 0) is 11.3 Å². The number of carbonyl (C=O) groups is 3. The minimum Gasteiger partial charge on any atom is -0.355 e. The number of nitrogens with two attached hydrogens (primary N) is 1. The van der Waals surface area contributed by atoms with Crippen molar-refractivity contribution in [2.45, 2.75) is 32.9 Å². The Morgan fingerprint density at radius 1 is 1.17 bits per heavy atom. The van der Waals surface area contributed by atoms with Gasteiger partial charge in [-0.05, 0) is 30.0 Å². The van der Waals surface area contributed by atoms with Crippen molar-refractivity contribution in [3.05, 3.63) is 35.4 Å². The molecule has 0 saturated carbocycles. The Morgan fingerprint density at radius 3 is 2.21 bits per heavy atom. The van der Waals surface area contributed by atoms with Crippen molar-refractivity contribution in [1.82, 2.24) is 15.5 Å². The maximum atomic E-state index is 12.5. The second kappa shape index (κ2) is 8.90. The highest BCUT2D eigenvalue weighted by Crippen LogP contribution is 2.11. The zero-order valence-electron chi connectivity index (χ0n) is 14.6. The van der Waals surface area contributed by atoms with Crippen molar-refractivity contribution in [3.8, 4) is 0 Å². The summed E-state index contributed by atoms with van der Waals surface area (Å²) in [5.41, 5.74) is 6.61. The number of hydrogen-bond acceptors (Lipinski definition) is 3. The molecule has 1 aromatic rings. The van der Waals surface area contributed by atoms with E-state index in [2.05, 4.69) is 10.6 Å². The number of nitrogens with one attached hydrogen (secondary N) is 2. The van der Waals surface area contributed by atoms with Gasteiger partial charge in [0, 0.05) is 26.2 Å². The minimum atomic E-state index is -0.711. The van der Waals surface area contributed by atoms with Crippen molar-refractivity contribution in [2.75, 3.05) is 14.1 Å². The summed E-state index contributed by atoms with van der Waals surface area (Å²) in [7, 11) is 3.24. The van der Waals surface area contributed by atoms with Crippen LogP contribution in [-0.4, -0.2) is 42.9 Å². The number of likely N-dealkylation sites (N-methyl/N-ethyl adjacent to an activating group) is 1. The molecule has 0 heterocycles. The van der Waals surface area contributed by atoms with Gasteiger partial charge in [0.25, 0.3) is 5.91 Å². The van der Waals surface area contributed by atoms with Gasteiger partial charge in [0.05, 0.1) is 0 Å². The number of amides is 4. The lowest BCUT2D eigenvalue weighted by atomic mass is 10.0. The molecule has 0 aliphatic heterocycles. The molecule has 1 rings (SSSR count). The molecule has 4 amide bonds. The largest absolute Gasteiger partial charge is 0.355 e. The molecular formula is C17H26N4O3. The zero-order chi connectivity index (χ0) is 18.3. The Kier molecular flexibility index (Phi) is 7.23. The predicted molar refractivity (Wildman–Crippen MR) is 92.3 cm³/mol. The van der Waals surface area contributed by atoms with E-state index in [4.69, 9.17) is 5.73 Å². The van der Waals surface area contributed by atoms with Crippen molar-refractivity contribution in [1.29, 1.82) is 0 Å². The van der Waals surface area contributed by atoms with Crippen LogP contribution in [0.5, 0.6) is 0 Å². The average Bonchev–Trinajstić information content (AvgIpc) is 2.52. The maximum absolute atomic E-state index is 12.5. The summed E-state index contributed by atoms with van der Waals surface area (Å²) in [4.78, 5) is 36.7. The summed E-state index contributed by atoms with van der Waals surface area (Å²) < 4.78 is 0. The monoisotopic (exact) mass is 334 g/mol. The van der Waals surface area contributed by atoms with Crippen LogP contribution in [0.25, 0.3) is 0 Å². The fourth-order valence-corrected chi connectivity index (χ4v) is 2.39. The Hall–Kier alpha value is -2.57. The quantitative estimate of drug-likeness (QED) is 0.695. The standard InChI is InChI=1S/C17H26N4O3/c1-11(2)9-14(20-17(18)24)16(23)21(4)10-12-5-7-13(8-6-12)15(22)19-3/h5-8,11,14H,9-10H2,1-4H3,(H,19,22)(H3,18,20,24)/t14-/m0/s1. The van der Waals surface area contributed by atoms with Gasteiger partial charge in [-0.1, -0.05) is 26.0 Å². The molecule has 0 unspecified atom stereocenters. The summed E-state index contributed by atoms with van der Waals surface area (Å²) >= 11 is 0. The molecule has 0 radical (unpaired) electrons. The predicted octanol–water partition coefficient (Wildman–Crippen LogP) is 1.09. The van der Waals surface area contributed by atoms with Crippen molar-refractivity contribution in [2.24, 2.45) is 11.7 Å². The lowest BCUT2D eigenvalue weighted by molar-refractivity contribution is -0.132. The third-order valence-electron chi connectivity index (χ3n) is 3.56. The number of rotatable bonds is 7. The maximum Gasteiger partial charge on any atom is 0.312 e. The van der Waals surface area contributed by atoms with Crippen LogP contribution in [0.1, 0.15) is 36.2 Å². The Bertz CT molecular complexity index is 584. The first-order chi connectivity index (χ1) is 11.2. The first-order valence-electron chi connectivity index (χ1n) is 7.86. The molecule has 1 aromatic carbocycles. The van der Waals surface area contributed by atoms with Gasteiger partial charge in [0.1, 0.15) is 6.04 Å². The molecule has 0 bridgehead atoms. The van der Waals surface area contributed by atoms with E-state index in [-0.39, 0.29) is 17.7 Å². The number of nitrogens with zero attached hydrogens (tertiary/aromatic N) is 1. The molecule has 0 spiro atoms. The van der Waals surface area contributed by atoms with Crippen LogP contribution in [0.2, 0.25) is 0 Å². The van der Waals surface area contributed by atoms with Gasteiger partial charge in [0.15, 0.2) is 0 Å². The van der Waals surface area contributed by atoms with E-state index < -0.39 is 12.1 Å². The Balaban J connectivity index is 2.76. The third-order valence-corrected chi connectivity index (χ3v) is 3.56. The molecule has 24 heavy (non-hydrogen) atoms. The number of benzene rings is 1. The lowest BCUT2D eigenvalue weighted by Gasteiger charge is -2.25. The van der Waals surface area contributed by atoms with E-state index in [0.717, 1.165) is 5.56 Å². The summed E-state index contributed by atoms with van der Waals surface area (Å²) in [6.07, 6.45) is 0.516. The number of primary amides is 1. The average molecular weight is 334 g/mol. The van der Waals surface area contributed by atoms with Crippen LogP contribution in [0, 0.1) is 5.92 Å². The molecule has 4 N–H and O–H groups in total. The number of carbonyl (C=O) groups excluding carboxylic acids is 3. The Morgan fingerprint density at radius 2 is 1.75 bits per heavy atom. The van der Waals surface area contributed by atoms with E-state index in [1.807, 2.05) is 13.8 Å². The second-order valence-corrected chi connectivity index (χ2v) is 6.16. The first kappa shape index (κ1) is 19.5. The van der Waals surface area contributed by atoms with E-state index in [0.29, 0.717) is 18.5 Å². The van der Waals surface area contributed by atoms with Gasteiger partial charge < -0.3 is 21.3 Å². The topological polar surface area (TPSA) is 105 Å². The summed E-state index contributed by atoms with van der Waals surface area (Å²) in [5.74, 6) is -0.113. The van der Waals surface area contributed by atoms with Crippen molar-refractivity contribution in [3.63, 3.8) is 0 Å². The van der Waals surface area contributed by atoms with Crippen LogP contribution in [0.4, 0.5) is 4.79 Å². The number of urea groups is 1. The molecule has 0 aliphatic carbocycles. The first-order valence-corrected chi connectivity index (χ1v) is 7.86. The normalized spacial score (nSPS) is 11.7. The third kappa shape index (κ3) is 5.91. The van der Waals surface area contributed by atoms with Gasteiger partial charge in [-0.25, -0.2) is 4.79 Å². The molecule has 0 aliphatic rings. The van der Waals surface area contributed by atoms with Gasteiger partial charge in [-0.3, -0.25) is 9.59 Å². The fraction of sp³-hybridized carbons (Fsp3) is 0.471. The zero-order valence-corrected chi connectivity index (χ0v) is 14.6. The highest BCUT2D eigenvalue weighted by Gasteiger charge is 2.24. The molecule has 1 atom stereocenters. The molecule has 132 valence electrons. The highest BCUT2D eigenvalue weighted by atomic mass is 16.2. The molecule has 0 fully saturated rings. The minimum absolute atomic E-state index is 0.159. The van der Waals surface area contributed by atoms with Crippen LogP contribution in [0.15, 0.2) is 24.3 Å². The number of hydrogen-bond donors (Lipinski definition) is 3. The van der Waals surface area contributed by atoms with E-state index in [1.165, 1.54) is 4.90 Å². The molecule has 7 heteroatoms. The fourth-order valence-electron chi connectivity index (χ4n) is 2.39. The van der Waals surface area contributed by atoms with Gasteiger partial charge >= 0.3 is 6.03 Å². The Labute approximate surface area is 142 Å². The summed E-state index contributed by atoms with van der Waals surface area (Å²) in [6.45, 7) is 4.32. The van der Waals surface area contributed by atoms with E-state index >= 15 is 0 Å². The van der Waals surface area contributed by atoms with E-state index in [9.17, 15) is 14.4 Å². The molecule has 0 saturated heterocycles. The van der Waals surface area contributed by atoms with Gasteiger partial charge in [0.2, 0.25) is 5.91 Å². The molecular weight excluding hydrogens is 308 g/mol. The lowest BCUT2D eigenvalue weighted by Crippen LogP contribution is -2.49. The van der Waals surface area contributed by atoms with E-state index in [1.54, 1.807) is 38.4 Å². The summed E-state index contributed by atoms with van der Waals surface area (Å²) in [6, 6.07) is 5.66. The SMILES string of the molecule is CNC(=O)c1ccc(CN(C)C(=O)[C@H](CC(C)C)NC(N)=O)cc1. The molecule has 7 nitrogen and oxygen atoms in total. The summed E-state index contributed by atoms with van der Waals surface area (Å²) in [5, 5.41) is 5.06.